The second-order valence-electron chi connectivity index (χ2n) is 6.72. The maximum atomic E-state index is 4.57. The fourth-order valence-corrected chi connectivity index (χ4v) is 4.49. The molecule has 0 heteroatoms. The van der Waals surface area contributed by atoms with Gasteiger partial charge in [-0.25, -0.2) is 0 Å². The second kappa shape index (κ2) is 10.1. The van der Waals surface area contributed by atoms with Crippen molar-refractivity contribution in [2.75, 3.05) is 0 Å². The molecule has 154 valence electrons. The lowest BCUT2D eigenvalue weighted by molar-refractivity contribution is 0.795. The molecule has 1 spiro atoms. The number of benzene rings is 2. The van der Waals surface area contributed by atoms with Gasteiger partial charge in [-0.15, -0.1) is 0 Å². The van der Waals surface area contributed by atoms with Crippen LogP contribution in [-0.4, -0.2) is 0 Å². The summed E-state index contributed by atoms with van der Waals surface area (Å²) in [6, 6.07) is 17.3. The summed E-state index contributed by atoms with van der Waals surface area (Å²) in [5.74, 6) is 0. The van der Waals surface area contributed by atoms with Crippen LogP contribution in [0.1, 0.15) is 45.7 Å². The van der Waals surface area contributed by atoms with E-state index in [1.165, 1.54) is 22.3 Å². The lowest BCUT2D eigenvalue weighted by Crippen LogP contribution is -2.25. The van der Waals surface area contributed by atoms with Crippen LogP contribution in [0.15, 0.2) is 121 Å². The summed E-state index contributed by atoms with van der Waals surface area (Å²) < 4.78 is 0. The Bertz CT molecular complexity index is 992. The minimum atomic E-state index is -0.393. The molecule has 2 aromatic carbocycles. The summed E-state index contributed by atoms with van der Waals surface area (Å²) in [6.45, 7) is 23.1. The first-order valence-electron chi connectivity index (χ1n) is 10.9. The molecule has 0 N–H and O–H groups in total. The van der Waals surface area contributed by atoms with Crippen molar-refractivity contribution < 1.29 is 0 Å². The lowest BCUT2D eigenvalue weighted by atomic mass is 9.71. The largest absolute Gasteiger partial charge is 0.0990 e. The van der Waals surface area contributed by atoms with E-state index in [1.54, 1.807) is 0 Å². The van der Waals surface area contributed by atoms with Gasteiger partial charge in [0.05, 0.1) is 5.41 Å². The molecule has 0 amide bonds. The standard InChI is InChI=1S/C26H22.2C2H6/c1-5-7-13-21-19(4)26(18(3)20(21)12-6-2)24-16-10-8-14-22(24)23-15-9-11-17-25(23)26;2*1-2/h5-17H,2-4H2,1H3;2*1-2H3/b7-5-,20-12+,21-13+;;. The van der Waals surface area contributed by atoms with Crippen molar-refractivity contribution in [2.24, 2.45) is 0 Å². The van der Waals surface area contributed by atoms with E-state index in [9.17, 15) is 0 Å². The molecule has 30 heavy (non-hydrogen) atoms. The molecule has 0 heterocycles. The van der Waals surface area contributed by atoms with E-state index < -0.39 is 5.41 Å². The van der Waals surface area contributed by atoms with E-state index >= 15 is 0 Å². The summed E-state index contributed by atoms with van der Waals surface area (Å²) in [6.07, 6.45) is 10.1. The van der Waals surface area contributed by atoms with Crippen molar-refractivity contribution in [3.63, 3.8) is 0 Å². The third-order valence-electron chi connectivity index (χ3n) is 5.54. The Morgan fingerprint density at radius 2 is 1.13 bits per heavy atom. The van der Waals surface area contributed by atoms with Crippen LogP contribution >= 0.6 is 0 Å². The molecular formula is C30H34. The van der Waals surface area contributed by atoms with Crippen molar-refractivity contribution in [3.05, 3.63) is 132 Å². The Balaban J connectivity index is 0.000000757. The van der Waals surface area contributed by atoms with Crippen LogP contribution in [0, 0.1) is 0 Å². The minimum Gasteiger partial charge on any atom is -0.0990 e. The summed E-state index contributed by atoms with van der Waals surface area (Å²) >= 11 is 0. The van der Waals surface area contributed by atoms with Crippen molar-refractivity contribution in [2.45, 2.75) is 40.0 Å². The first-order chi connectivity index (χ1) is 14.7. The molecule has 2 aliphatic carbocycles. The van der Waals surface area contributed by atoms with Crippen LogP contribution < -0.4 is 0 Å². The van der Waals surface area contributed by atoms with Crippen molar-refractivity contribution in [1.82, 2.24) is 0 Å². The maximum Gasteiger partial charge on any atom is 0.0714 e. The van der Waals surface area contributed by atoms with Gasteiger partial charge in [0.25, 0.3) is 0 Å². The molecule has 2 aliphatic rings. The Hall–Kier alpha value is -3.12. The summed E-state index contributed by atoms with van der Waals surface area (Å²) in [5.41, 5.74) is 9.13. The first-order valence-corrected chi connectivity index (χ1v) is 10.9. The van der Waals surface area contributed by atoms with Gasteiger partial charge in [-0.2, -0.15) is 0 Å². The van der Waals surface area contributed by atoms with Gasteiger partial charge in [0.2, 0.25) is 0 Å². The number of hydrogen-bond acceptors (Lipinski definition) is 0. The van der Waals surface area contributed by atoms with E-state index in [-0.39, 0.29) is 0 Å². The molecule has 0 radical (unpaired) electrons. The van der Waals surface area contributed by atoms with Crippen LogP contribution in [0.4, 0.5) is 0 Å². The molecule has 0 aromatic heterocycles. The zero-order valence-electron chi connectivity index (χ0n) is 19.1. The van der Waals surface area contributed by atoms with Gasteiger partial charge >= 0.3 is 0 Å². The highest BCUT2D eigenvalue weighted by atomic mass is 14.5. The average molecular weight is 395 g/mol. The molecule has 1 fully saturated rings. The molecule has 0 unspecified atom stereocenters. The number of fused-ring (bicyclic) bond motifs is 5. The van der Waals surface area contributed by atoms with Crippen molar-refractivity contribution in [3.8, 4) is 11.1 Å². The summed E-state index contributed by atoms with van der Waals surface area (Å²) in [7, 11) is 0. The fourth-order valence-electron chi connectivity index (χ4n) is 4.49. The molecule has 1 saturated carbocycles. The normalized spacial score (nSPS) is 18.0. The van der Waals surface area contributed by atoms with Gasteiger partial charge in [-0.3, -0.25) is 0 Å². The van der Waals surface area contributed by atoms with Crippen molar-refractivity contribution >= 4 is 0 Å². The average Bonchev–Trinajstić information content (AvgIpc) is 3.22. The molecule has 4 rings (SSSR count). The molecule has 0 nitrogen and oxygen atoms in total. The zero-order chi connectivity index (χ0) is 22.3. The van der Waals surface area contributed by atoms with E-state index in [0.29, 0.717) is 0 Å². The number of rotatable bonds is 2. The predicted octanol–water partition coefficient (Wildman–Crippen LogP) is 8.75. The lowest BCUT2D eigenvalue weighted by Gasteiger charge is -2.29. The minimum absolute atomic E-state index is 0.393. The second-order valence-corrected chi connectivity index (χ2v) is 6.72. The molecular weight excluding hydrogens is 360 g/mol. The highest BCUT2D eigenvalue weighted by Crippen LogP contribution is 2.63. The summed E-state index contributed by atoms with van der Waals surface area (Å²) in [4.78, 5) is 0. The zero-order valence-corrected chi connectivity index (χ0v) is 19.1. The van der Waals surface area contributed by atoms with Gasteiger partial charge in [-0.1, -0.05) is 126 Å². The Kier molecular flexibility index (Phi) is 7.78. The Labute approximate surface area is 183 Å². The summed E-state index contributed by atoms with van der Waals surface area (Å²) in [5, 5.41) is 0. The highest BCUT2D eigenvalue weighted by molar-refractivity contribution is 5.92. The van der Waals surface area contributed by atoms with E-state index in [2.05, 4.69) is 86.5 Å². The molecule has 0 bridgehead atoms. The third kappa shape index (κ3) is 3.27. The van der Waals surface area contributed by atoms with E-state index in [0.717, 1.165) is 22.3 Å². The van der Waals surface area contributed by atoms with Crippen molar-refractivity contribution in [1.29, 1.82) is 0 Å². The van der Waals surface area contributed by atoms with Crippen LogP contribution in [0.5, 0.6) is 0 Å². The van der Waals surface area contributed by atoms with Gasteiger partial charge in [0, 0.05) is 0 Å². The van der Waals surface area contributed by atoms with Crippen LogP contribution in [-0.2, 0) is 5.41 Å². The molecule has 2 aromatic rings. The van der Waals surface area contributed by atoms with Crippen LogP contribution in [0.2, 0.25) is 0 Å². The van der Waals surface area contributed by atoms with Crippen LogP contribution in [0.25, 0.3) is 11.1 Å². The SMILES string of the molecule is C=C\C=C1/C(=C)C2(C(=C)/C1=C\C=C/C)c1ccccc1-c1ccccc12.CC.CC. The van der Waals surface area contributed by atoms with Gasteiger partial charge in [0.15, 0.2) is 0 Å². The maximum absolute atomic E-state index is 4.57. The quantitative estimate of drug-likeness (QED) is 0.477. The Morgan fingerprint density at radius 1 is 0.700 bits per heavy atom. The third-order valence-corrected chi connectivity index (χ3v) is 5.54. The Morgan fingerprint density at radius 3 is 1.57 bits per heavy atom. The monoisotopic (exact) mass is 394 g/mol. The predicted molar refractivity (Wildman–Crippen MR) is 135 cm³/mol. The number of allylic oxidation sites excluding steroid dienone is 9. The van der Waals surface area contributed by atoms with Gasteiger partial charge in [0.1, 0.15) is 0 Å². The van der Waals surface area contributed by atoms with Gasteiger partial charge < -0.3 is 0 Å². The topological polar surface area (TPSA) is 0 Å². The first kappa shape index (κ1) is 23.2. The number of hydrogen-bond donors (Lipinski definition) is 0. The van der Waals surface area contributed by atoms with E-state index in [1.807, 2.05) is 46.8 Å². The molecule has 0 aliphatic heterocycles. The van der Waals surface area contributed by atoms with E-state index in [4.69, 9.17) is 0 Å². The smallest absolute Gasteiger partial charge is 0.0714 e. The molecule has 0 atom stereocenters. The highest BCUT2D eigenvalue weighted by Gasteiger charge is 2.53. The van der Waals surface area contributed by atoms with Crippen LogP contribution in [0.3, 0.4) is 0 Å². The fraction of sp³-hybridized carbons (Fsp3) is 0.200. The molecule has 0 saturated heterocycles. The van der Waals surface area contributed by atoms with Gasteiger partial charge in [-0.05, 0) is 51.5 Å².